The number of carbonyl (C=O) groups excluding carboxylic acids is 1. The van der Waals surface area contributed by atoms with Gasteiger partial charge in [-0.05, 0) is 25.5 Å². The summed E-state index contributed by atoms with van der Waals surface area (Å²) in [5.41, 5.74) is 3.21. The number of rotatable bonds is 2. The van der Waals surface area contributed by atoms with Crippen LogP contribution in [0.4, 0.5) is 5.69 Å². The molecule has 1 atom stereocenters. The van der Waals surface area contributed by atoms with E-state index in [1.54, 1.807) is 41.1 Å². The fourth-order valence-corrected chi connectivity index (χ4v) is 3.60. The van der Waals surface area contributed by atoms with Crippen LogP contribution in [0, 0.1) is 16.7 Å². The summed E-state index contributed by atoms with van der Waals surface area (Å²) in [5.74, 6) is -0.165. The van der Waals surface area contributed by atoms with Gasteiger partial charge in [0, 0.05) is 36.9 Å². The fraction of sp³-hybridized carbons (Fsp3) is 0.211. The van der Waals surface area contributed by atoms with E-state index in [4.69, 9.17) is 0 Å². The molecule has 1 aliphatic heterocycles. The van der Waals surface area contributed by atoms with Gasteiger partial charge in [-0.2, -0.15) is 10.4 Å². The molecule has 1 fully saturated rings. The summed E-state index contributed by atoms with van der Waals surface area (Å²) in [6.07, 6.45) is 11.2. The highest BCUT2D eigenvalue weighted by atomic mass is 16.2. The predicted octanol–water partition coefficient (Wildman–Crippen LogP) is 2.31. The van der Waals surface area contributed by atoms with Gasteiger partial charge in [-0.15, -0.1) is 0 Å². The van der Waals surface area contributed by atoms with Crippen molar-refractivity contribution in [1.82, 2.24) is 24.0 Å². The van der Waals surface area contributed by atoms with Crippen molar-refractivity contribution in [3.8, 4) is 17.3 Å². The third-order valence-corrected chi connectivity index (χ3v) is 5.19. The van der Waals surface area contributed by atoms with Crippen molar-refractivity contribution in [3.05, 3.63) is 49.3 Å². The smallest absolute Gasteiger partial charge is 0.247 e. The second kappa shape index (κ2) is 5.38. The molecule has 5 rings (SSSR count). The minimum atomic E-state index is -0.968. The Bertz CT molecular complexity index is 1250. The highest BCUT2D eigenvalue weighted by Crippen LogP contribution is 2.36. The van der Waals surface area contributed by atoms with Crippen LogP contribution in [0.25, 0.3) is 22.4 Å². The number of hydrogen-bond donors (Lipinski definition) is 0. The number of amides is 1. The largest absolute Gasteiger partial charge is 0.309 e. The van der Waals surface area contributed by atoms with E-state index in [-0.39, 0.29) is 5.91 Å². The zero-order valence-electron chi connectivity index (χ0n) is 14.6. The highest BCUT2D eigenvalue weighted by Gasteiger charge is 2.44. The predicted molar refractivity (Wildman–Crippen MR) is 97.9 cm³/mol. The van der Waals surface area contributed by atoms with Gasteiger partial charge in [0.1, 0.15) is 5.41 Å². The summed E-state index contributed by atoms with van der Waals surface area (Å²) in [5, 5.41) is 13.8. The number of fused-ring (bicyclic) bond motifs is 2. The molecule has 0 bridgehead atoms. The van der Waals surface area contributed by atoms with Crippen molar-refractivity contribution in [2.75, 3.05) is 11.4 Å². The molecule has 0 N–H and O–H groups in total. The average Bonchev–Trinajstić information content (AvgIpc) is 3.38. The van der Waals surface area contributed by atoms with Crippen molar-refractivity contribution < 1.29 is 4.79 Å². The second-order valence-electron chi connectivity index (χ2n) is 6.87. The number of hydrogen-bond acceptors (Lipinski definition) is 5. The Kier molecular flexibility index (Phi) is 3.09. The Labute approximate surface area is 154 Å². The Hall–Kier alpha value is -3.73. The normalized spacial score (nSPS) is 19.9. The number of carbonyl (C=O) groups is 1. The molecule has 8 nitrogen and oxygen atoms in total. The van der Waals surface area contributed by atoms with Crippen LogP contribution < -0.4 is 4.90 Å². The molecule has 1 amide bonds. The average molecular weight is 357 g/mol. The van der Waals surface area contributed by atoms with Gasteiger partial charge < -0.3 is 4.90 Å². The summed E-state index contributed by atoms with van der Waals surface area (Å²) in [4.78, 5) is 22.9. The second-order valence-corrected chi connectivity index (χ2v) is 6.87. The topological polar surface area (TPSA) is 91.6 Å². The van der Waals surface area contributed by atoms with E-state index in [2.05, 4.69) is 21.1 Å². The van der Waals surface area contributed by atoms with Gasteiger partial charge in [0.05, 0.1) is 35.4 Å². The summed E-state index contributed by atoms with van der Waals surface area (Å²) >= 11 is 0. The van der Waals surface area contributed by atoms with Crippen LogP contribution in [0.5, 0.6) is 0 Å². The van der Waals surface area contributed by atoms with Crippen LogP contribution in [0.2, 0.25) is 0 Å². The molecule has 1 saturated heterocycles. The SMILES string of the molecule is C[C@]1(C#N)CCN(c2ccnn3cc(-c4cnc5cnccn45)cc23)C1=O. The molecule has 0 aromatic carbocycles. The first-order chi connectivity index (χ1) is 13.1. The van der Waals surface area contributed by atoms with Crippen molar-refractivity contribution in [2.24, 2.45) is 5.41 Å². The summed E-state index contributed by atoms with van der Waals surface area (Å²) in [6, 6.07) is 5.96. The molecule has 4 aromatic heterocycles. The molecule has 132 valence electrons. The van der Waals surface area contributed by atoms with E-state index in [1.165, 1.54) is 0 Å². The van der Waals surface area contributed by atoms with E-state index in [0.29, 0.717) is 13.0 Å². The first-order valence-corrected chi connectivity index (χ1v) is 8.59. The van der Waals surface area contributed by atoms with Gasteiger partial charge in [0.2, 0.25) is 5.91 Å². The highest BCUT2D eigenvalue weighted by molar-refractivity contribution is 6.04. The summed E-state index contributed by atoms with van der Waals surface area (Å²) < 4.78 is 3.70. The fourth-order valence-electron chi connectivity index (χ4n) is 3.60. The van der Waals surface area contributed by atoms with Crippen molar-refractivity contribution in [1.29, 1.82) is 5.26 Å². The quantitative estimate of drug-likeness (QED) is 0.549. The Morgan fingerprint density at radius 3 is 3.00 bits per heavy atom. The third-order valence-electron chi connectivity index (χ3n) is 5.19. The number of aromatic nitrogens is 5. The van der Waals surface area contributed by atoms with Gasteiger partial charge in [-0.25, -0.2) is 9.50 Å². The monoisotopic (exact) mass is 357 g/mol. The Morgan fingerprint density at radius 2 is 2.19 bits per heavy atom. The van der Waals surface area contributed by atoms with E-state index in [1.807, 2.05) is 28.9 Å². The number of nitriles is 1. The minimum absolute atomic E-state index is 0.165. The maximum atomic E-state index is 12.8. The number of nitrogens with zero attached hydrogens (tertiary/aromatic N) is 7. The molecule has 0 spiro atoms. The molecule has 8 heteroatoms. The molecule has 5 heterocycles. The summed E-state index contributed by atoms with van der Waals surface area (Å²) in [7, 11) is 0. The standard InChI is InChI=1S/C19H15N7O/c1-19(12-20)3-6-25(18(19)27)14-2-4-23-26-11-13(8-15(14)26)16-9-22-17-10-21-5-7-24(16)17/h2,4-5,7-11H,3,6H2,1H3/t19-/m1/s1. The zero-order chi connectivity index (χ0) is 18.6. The molecule has 0 saturated carbocycles. The molecule has 27 heavy (non-hydrogen) atoms. The van der Waals surface area contributed by atoms with E-state index >= 15 is 0 Å². The molecule has 0 unspecified atom stereocenters. The first kappa shape index (κ1) is 15.5. The lowest BCUT2D eigenvalue weighted by Gasteiger charge is -2.18. The maximum Gasteiger partial charge on any atom is 0.247 e. The number of anilines is 1. The van der Waals surface area contributed by atoms with E-state index in [0.717, 1.165) is 28.1 Å². The third kappa shape index (κ3) is 2.15. The maximum absolute atomic E-state index is 12.8. The summed E-state index contributed by atoms with van der Waals surface area (Å²) in [6.45, 7) is 2.22. The van der Waals surface area contributed by atoms with Crippen LogP contribution in [0.1, 0.15) is 13.3 Å². The molecule has 1 aliphatic rings. The van der Waals surface area contributed by atoms with Crippen LogP contribution in [0.15, 0.2) is 49.3 Å². The number of imidazole rings is 1. The van der Waals surface area contributed by atoms with E-state index < -0.39 is 5.41 Å². The van der Waals surface area contributed by atoms with Gasteiger partial charge in [0.15, 0.2) is 5.65 Å². The molecular formula is C19H15N7O. The van der Waals surface area contributed by atoms with Crippen LogP contribution in [-0.4, -0.2) is 36.4 Å². The lowest BCUT2D eigenvalue weighted by molar-refractivity contribution is -0.122. The van der Waals surface area contributed by atoms with Gasteiger partial charge >= 0.3 is 0 Å². The van der Waals surface area contributed by atoms with Crippen LogP contribution in [-0.2, 0) is 4.79 Å². The van der Waals surface area contributed by atoms with Gasteiger partial charge in [-0.1, -0.05) is 0 Å². The first-order valence-electron chi connectivity index (χ1n) is 8.59. The van der Waals surface area contributed by atoms with Crippen LogP contribution >= 0.6 is 0 Å². The van der Waals surface area contributed by atoms with E-state index in [9.17, 15) is 10.1 Å². The minimum Gasteiger partial charge on any atom is -0.309 e. The van der Waals surface area contributed by atoms with Gasteiger partial charge in [0.25, 0.3) is 0 Å². The van der Waals surface area contributed by atoms with Crippen LogP contribution in [0.3, 0.4) is 0 Å². The molecular weight excluding hydrogens is 342 g/mol. The lowest BCUT2D eigenvalue weighted by Crippen LogP contribution is -2.32. The van der Waals surface area contributed by atoms with Crippen molar-refractivity contribution in [2.45, 2.75) is 13.3 Å². The Balaban J connectivity index is 1.65. The van der Waals surface area contributed by atoms with Gasteiger partial charge in [-0.3, -0.25) is 14.2 Å². The molecule has 4 aromatic rings. The lowest BCUT2D eigenvalue weighted by atomic mass is 9.91. The Morgan fingerprint density at radius 1 is 1.30 bits per heavy atom. The molecule has 0 aliphatic carbocycles. The zero-order valence-corrected chi connectivity index (χ0v) is 14.6. The molecule has 0 radical (unpaired) electrons. The van der Waals surface area contributed by atoms with Crippen molar-refractivity contribution >= 4 is 22.8 Å². The van der Waals surface area contributed by atoms with Crippen molar-refractivity contribution in [3.63, 3.8) is 0 Å².